The Labute approximate surface area is 291 Å². The normalized spacial score (nSPS) is 17.7. The number of pyridine rings is 1. The fourth-order valence-electron chi connectivity index (χ4n) is 6.73. The summed E-state index contributed by atoms with van der Waals surface area (Å²) in [5.41, 5.74) is 5.47. The second-order valence-corrected chi connectivity index (χ2v) is 13.0. The fraction of sp³-hybridized carbons (Fsp3) is 0.250. The van der Waals surface area contributed by atoms with Crippen LogP contribution >= 0.6 is 23.2 Å². The molecule has 0 saturated carbocycles. The zero-order chi connectivity index (χ0) is 34.4. The lowest BCUT2D eigenvalue weighted by atomic mass is 9.99. The van der Waals surface area contributed by atoms with E-state index in [0.29, 0.717) is 30.5 Å². The van der Waals surface area contributed by atoms with Crippen molar-refractivity contribution in [2.75, 3.05) is 6.54 Å². The topological polar surface area (TPSA) is 113 Å². The molecule has 1 saturated heterocycles. The lowest BCUT2D eigenvalue weighted by Crippen LogP contribution is -2.45. The van der Waals surface area contributed by atoms with Crippen LogP contribution in [0, 0.1) is 15.9 Å². The van der Waals surface area contributed by atoms with Gasteiger partial charge < -0.3 is 24.5 Å². The van der Waals surface area contributed by atoms with E-state index in [1.165, 1.54) is 18.3 Å². The summed E-state index contributed by atoms with van der Waals surface area (Å²) in [7, 11) is 0. The minimum atomic E-state index is -0.925. The maximum absolute atomic E-state index is 14.2. The third-order valence-electron chi connectivity index (χ3n) is 9.18. The van der Waals surface area contributed by atoms with Crippen LogP contribution in [0.5, 0.6) is 5.75 Å². The van der Waals surface area contributed by atoms with Gasteiger partial charge in [-0.05, 0) is 59.9 Å². The lowest BCUT2D eigenvalue weighted by Gasteiger charge is -2.37. The van der Waals surface area contributed by atoms with Crippen LogP contribution in [-0.2, 0) is 4.74 Å². The first-order chi connectivity index (χ1) is 23.6. The van der Waals surface area contributed by atoms with Crippen LogP contribution in [0.3, 0.4) is 0 Å². The van der Waals surface area contributed by atoms with Crippen molar-refractivity contribution in [1.29, 1.82) is 0 Å². The molecule has 0 bridgehead atoms. The molecule has 1 amide bonds. The zero-order valence-corrected chi connectivity index (χ0v) is 27.9. The smallest absolute Gasteiger partial charge is 0.410 e. The van der Waals surface area contributed by atoms with Crippen molar-refractivity contribution in [2.24, 2.45) is 0 Å². The second-order valence-electron chi connectivity index (χ2n) is 12.2. The Hall–Kier alpha value is -5.00. The van der Waals surface area contributed by atoms with Gasteiger partial charge in [0, 0.05) is 57.7 Å². The van der Waals surface area contributed by atoms with Crippen LogP contribution in [-0.4, -0.2) is 43.3 Å². The molecular formula is C36H30Cl2FN5O5. The number of rotatable bonds is 7. The number of benzene rings is 3. The van der Waals surface area contributed by atoms with E-state index in [9.17, 15) is 19.3 Å². The van der Waals surface area contributed by atoms with E-state index >= 15 is 0 Å². The number of carbonyl (C=O) groups excluding carboxylic acids is 1. The number of likely N-dealkylation sites (tertiary alicyclic amines) is 1. The monoisotopic (exact) mass is 701 g/mol. The Kier molecular flexibility index (Phi) is 8.72. The van der Waals surface area contributed by atoms with E-state index in [-0.39, 0.29) is 39.5 Å². The predicted octanol–water partition coefficient (Wildman–Crippen LogP) is 9.37. The average Bonchev–Trinajstić information content (AvgIpc) is 3.71. The van der Waals surface area contributed by atoms with E-state index < -0.39 is 28.8 Å². The molecule has 0 radical (unpaired) electrons. The summed E-state index contributed by atoms with van der Waals surface area (Å²) in [4.78, 5) is 30.5. The van der Waals surface area contributed by atoms with E-state index in [4.69, 9.17) is 32.7 Å². The van der Waals surface area contributed by atoms with Gasteiger partial charge in [0.15, 0.2) is 6.10 Å². The van der Waals surface area contributed by atoms with Gasteiger partial charge in [-0.1, -0.05) is 71.7 Å². The van der Waals surface area contributed by atoms with Gasteiger partial charge in [-0.3, -0.25) is 4.68 Å². The van der Waals surface area contributed by atoms with E-state index in [2.05, 4.69) is 22.2 Å². The van der Waals surface area contributed by atoms with Crippen molar-refractivity contribution in [3.63, 3.8) is 0 Å². The summed E-state index contributed by atoms with van der Waals surface area (Å²) in [5, 5.41) is 16.3. The highest BCUT2D eigenvalue weighted by Gasteiger charge is 2.36. The number of hydrogen-bond donors (Lipinski definition) is 0. The Balaban J connectivity index is 1.05. The number of nitro groups is 1. The molecule has 1 fully saturated rings. The number of amides is 1. The van der Waals surface area contributed by atoms with Gasteiger partial charge >= 0.3 is 11.9 Å². The molecule has 3 aromatic carbocycles. The third kappa shape index (κ3) is 6.08. The number of aromatic nitrogens is 3. The molecule has 13 heteroatoms. The van der Waals surface area contributed by atoms with Gasteiger partial charge in [-0.25, -0.2) is 9.18 Å². The van der Waals surface area contributed by atoms with Crippen LogP contribution in [0.15, 0.2) is 85.3 Å². The average molecular weight is 703 g/mol. The van der Waals surface area contributed by atoms with E-state index in [0.717, 1.165) is 28.3 Å². The number of carbonyl (C=O) groups is 1. The van der Waals surface area contributed by atoms with Gasteiger partial charge in [-0.2, -0.15) is 5.10 Å². The molecule has 0 spiro atoms. The highest BCUT2D eigenvalue weighted by molar-refractivity contribution is 6.36. The highest BCUT2D eigenvalue weighted by Crippen LogP contribution is 2.46. The third-order valence-corrected chi connectivity index (χ3v) is 9.90. The Morgan fingerprint density at radius 2 is 1.73 bits per heavy atom. The van der Waals surface area contributed by atoms with Crippen molar-refractivity contribution < 1.29 is 23.6 Å². The molecule has 3 heterocycles. The van der Waals surface area contributed by atoms with Crippen molar-refractivity contribution >= 4 is 35.1 Å². The van der Waals surface area contributed by atoms with Gasteiger partial charge in [-0.15, -0.1) is 0 Å². The first-order valence-electron chi connectivity index (χ1n) is 15.7. The number of fused-ring (bicyclic) bond motifs is 3. The first-order valence-corrected chi connectivity index (χ1v) is 16.5. The molecular weight excluding hydrogens is 672 g/mol. The molecule has 3 unspecified atom stereocenters. The molecule has 0 N–H and O–H groups in total. The van der Waals surface area contributed by atoms with Crippen LogP contribution < -0.4 is 4.74 Å². The van der Waals surface area contributed by atoms with Gasteiger partial charge in [0.05, 0.1) is 17.3 Å². The van der Waals surface area contributed by atoms with E-state index in [1.54, 1.807) is 18.0 Å². The van der Waals surface area contributed by atoms with Crippen molar-refractivity contribution in [1.82, 2.24) is 19.7 Å². The Morgan fingerprint density at radius 1 is 1.04 bits per heavy atom. The van der Waals surface area contributed by atoms with E-state index in [1.807, 2.05) is 54.2 Å². The van der Waals surface area contributed by atoms with Crippen molar-refractivity contribution in [3.8, 4) is 28.0 Å². The molecule has 1 aliphatic heterocycles. The minimum absolute atomic E-state index is 0.000237. The molecule has 250 valence electrons. The Bertz CT molecular complexity index is 2050. The largest absolute Gasteiger partial charge is 0.478 e. The fourth-order valence-corrected chi connectivity index (χ4v) is 7.41. The molecule has 3 atom stereocenters. The summed E-state index contributed by atoms with van der Waals surface area (Å²) in [6, 6.07) is 19.8. The molecule has 7 rings (SSSR count). The number of halogens is 3. The number of hydrogen-bond acceptors (Lipinski definition) is 7. The number of piperidine rings is 1. The molecule has 5 aromatic rings. The standard InChI is InChI=1S/C36H30Cl2FN5O5/c1-20-15-24(13-14-42(20)36(45)49-34-27-9-5-3-7-25(27)26-8-4-6-10-28(26)34)43-19-23(18-41-43)22-16-31(35(40-17-22)44(46)47)48-21(2)32-29(37)11-12-30(39)33(32)38/h3-12,16-21,24,34H,13-15H2,1-2H3. The summed E-state index contributed by atoms with van der Waals surface area (Å²) in [6.07, 6.45) is 4.41. The summed E-state index contributed by atoms with van der Waals surface area (Å²) in [6.45, 7) is 4.04. The number of ether oxygens (including phenoxy) is 2. The summed E-state index contributed by atoms with van der Waals surface area (Å²) >= 11 is 12.4. The quantitative estimate of drug-likeness (QED) is 0.0944. The Morgan fingerprint density at radius 3 is 2.41 bits per heavy atom. The second kappa shape index (κ2) is 13.1. The van der Waals surface area contributed by atoms with Crippen molar-refractivity contribution in [2.45, 2.75) is 51.0 Å². The summed E-state index contributed by atoms with van der Waals surface area (Å²) in [5.74, 6) is -1.33. The SMILES string of the molecule is CC(Oc1cc(-c2cnn(C3CCN(C(=O)OC4c5ccccc5-c5ccccc54)C(C)C3)c2)cnc1[N+](=O)[O-])c1c(Cl)ccc(F)c1Cl. The molecule has 1 aliphatic carbocycles. The van der Waals surface area contributed by atoms with Crippen LogP contribution in [0.4, 0.5) is 15.0 Å². The van der Waals surface area contributed by atoms with Crippen LogP contribution in [0.1, 0.15) is 61.6 Å². The number of nitrogens with zero attached hydrogens (tertiary/aromatic N) is 5. The summed E-state index contributed by atoms with van der Waals surface area (Å²) < 4.78 is 28.1. The van der Waals surface area contributed by atoms with Crippen molar-refractivity contribution in [3.05, 3.63) is 128 Å². The predicted molar refractivity (Wildman–Crippen MR) is 182 cm³/mol. The molecule has 2 aliphatic rings. The van der Waals surface area contributed by atoms with Gasteiger partial charge in [0.2, 0.25) is 5.75 Å². The minimum Gasteiger partial charge on any atom is -0.478 e. The molecule has 2 aromatic heterocycles. The molecule has 10 nitrogen and oxygen atoms in total. The highest BCUT2D eigenvalue weighted by atomic mass is 35.5. The van der Waals surface area contributed by atoms with Gasteiger partial charge in [0.25, 0.3) is 0 Å². The maximum Gasteiger partial charge on any atom is 0.410 e. The lowest BCUT2D eigenvalue weighted by molar-refractivity contribution is -0.390. The van der Waals surface area contributed by atoms with Gasteiger partial charge in [0.1, 0.15) is 18.1 Å². The first kappa shape index (κ1) is 32.5. The molecule has 49 heavy (non-hydrogen) atoms. The van der Waals surface area contributed by atoms with Crippen LogP contribution in [0.2, 0.25) is 10.0 Å². The zero-order valence-electron chi connectivity index (χ0n) is 26.4. The van der Waals surface area contributed by atoms with Crippen LogP contribution in [0.25, 0.3) is 22.3 Å². The maximum atomic E-state index is 14.2.